The van der Waals surface area contributed by atoms with E-state index in [4.69, 9.17) is 16.2 Å². The first kappa shape index (κ1) is 13.1. The van der Waals surface area contributed by atoms with Crippen LogP contribution < -0.4 is 5.32 Å². The van der Waals surface area contributed by atoms with E-state index in [1.165, 1.54) is 0 Å². The molecule has 0 fully saturated rings. The van der Waals surface area contributed by atoms with Gasteiger partial charge in [-0.25, -0.2) is 0 Å². The van der Waals surface area contributed by atoms with E-state index in [2.05, 4.69) is 25.4 Å². The van der Waals surface area contributed by atoms with Crippen LogP contribution in [0.1, 0.15) is 6.42 Å². The number of nitrogens with one attached hydrogen (secondary N) is 1. The zero-order chi connectivity index (χ0) is 11.5. The van der Waals surface area contributed by atoms with Crippen molar-refractivity contribution < 1.29 is 9.90 Å². The summed E-state index contributed by atoms with van der Waals surface area (Å²) in [6, 6.07) is -0.896. The fourth-order valence-corrected chi connectivity index (χ4v) is 0.819. The summed E-state index contributed by atoms with van der Waals surface area (Å²) in [5, 5.41) is 17.8. The van der Waals surface area contributed by atoms with Crippen molar-refractivity contribution in [3.05, 3.63) is 20.9 Å². The molecule has 0 radical (unpaired) electrons. The Hall–Kier alpha value is -1.95. The largest absolute Gasteiger partial charge is 0.480 e. The van der Waals surface area contributed by atoms with Crippen LogP contribution in [0.5, 0.6) is 0 Å². The number of azide groups is 2. The summed E-state index contributed by atoms with van der Waals surface area (Å²) in [5.74, 6) is -1.08. The third-order valence-corrected chi connectivity index (χ3v) is 1.51. The molecule has 0 aliphatic heterocycles. The Morgan fingerprint density at radius 3 is 2.60 bits per heavy atom. The summed E-state index contributed by atoms with van der Waals surface area (Å²) in [7, 11) is 0. The Labute approximate surface area is 85.3 Å². The molecule has 0 saturated carbocycles. The van der Waals surface area contributed by atoms with Gasteiger partial charge in [-0.05, 0) is 24.0 Å². The molecule has 0 saturated heterocycles. The van der Waals surface area contributed by atoms with E-state index in [0.717, 1.165) is 0 Å². The first-order valence-electron chi connectivity index (χ1n) is 4.20. The van der Waals surface area contributed by atoms with Crippen LogP contribution >= 0.6 is 0 Å². The second-order valence-electron chi connectivity index (χ2n) is 2.57. The van der Waals surface area contributed by atoms with Crippen LogP contribution in [-0.2, 0) is 4.79 Å². The van der Waals surface area contributed by atoms with Gasteiger partial charge in [0.05, 0.1) is 6.54 Å². The molecule has 0 aliphatic rings. The number of carbonyl (C=O) groups is 1. The molecular formula is C6H11N7O2. The van der Waals surface area contributed by atoms with Gasteiger partial charge in [-0.1, -0.05) is 10.2 Å². The molecule has 0 amide bonds. The molecule has 15 heavy (non-hydrogen) atoms. The van der Waals surface area contributed by atoms with Gasteiger partial charge in [-0.15, -0.1) is 0 Å². The van der Waals surface area contributed by atoms with Gasteiger partial charge >= 0.3 is 5.97 Å². The standard InChI is InChI=1S/C6H11N7O2/c7-12-10-3-1-2-9-5(6(14)15)4-11-13-8/h5,9H,1-4H2,(H,14,15). The van der Waals surface area contributed by atoms with Gasteiger partial charge in [0.15, 0.2) is 0 Å². The second-order valence-corrected chi connectivity index (χ2v) is 2.57. The minimum atomic E-state index is -1.08. The van der Waals surface area contributed by atoms with Crippen LogP contribution in [0.2, 0.25) is 0 Å². The van der Waals surface area contributed by atoms with Crippen LogP contribution in [0.15, 0.2) is 10.2 Å². The van der Waals surface area contributed by atoms with Crippen LogP contribution in [0.3, 0.4) is 0 Å². The van der Waals surface area contributed by atoms with E-state index >= 15 is 0 Å². The molecule has 0 rings (SSSR count). The average Bonchev–Trinajstić information content (AvgIpc) is 2.21. The summed E-state index contributed by atoms with van der Waals surface area (Å²) in [4.78, 5) is 15.6. The van der Waals surface area contributed by atoms with Crippen molar-refractivity contribution in [2.45, 2.75) is 12.5 Å². The van der Waals surface area contributed by atoms with Gasteiger partial charge in [0.2, 0.25) is 0 Å². The highest BCUT2D eigenvalue weighted by Crippen LogP contribution is 1.88. The van der Waals surface area contributed by atoms with E-state index in [-0.39, 0.29) is 6.54 Å². The molecule has 82 valence electrons. The molecule has 0 spiro atoms. The Morgan fingerprint density at radius 1 is 1.40 bits per heavy atom. The molecule has 9 nitrogen and oxygen atoms in total. The van der Waals surface area contributed by atoms with Crippen molar-refractivity contribution in [2.75, 3.05) is 19.6 Å². The molecule has 0 heterocycles. The highest BCUT2D eigenvalue weighted by molar-refractivity contribution is 5.73. The van der Waals surface area contributed by atoms with Crippen molar-refractivity contribution in [1.82, 2.24) is 5.32 Å². The predicted octanol–water partition coefficient (Wildman–Crippen LogP) is 1.04. The van der Waals surface area contributed by atoms with E-state index in [1.54, 1.807) is 0 Å². The van der Waals surface area contributed by atoms with E-state index in [0.29, 0.717) is 19.5 Å². The van der Waals surface area contributed by atoms with Crippen LogP contribution in [0, 0.1) is 0 Å². The monoisotopic (exact) mass is 213 g/mol. The topological polar surface area (TPSA) is 147 Å². The quantitative estimate of drug-likeness (QED) is 0.268. The lowest BCUT2D eigenvalue weighted by molar-refractivity contribution is -0.139. The highest BCUT2D eigenvalue weighted by atomic mass is 16.4. The lowest BCUT2D eigenvalue weighted by Gasteiger charge is -2.10. The summed E-state index contributed by atoms with van der Waals surface area (Å²) in [6.45, 7) is 0.543. The van der Waals surface area contributed by atoms with Crippen LogP contribution in [-0.4, -0.2) is 36.8 Å². The molecule has 0 aromatic rings. The molecule has 0 aromatic heterocycles. The van der Waals surface area contributed by atoms with Crippen molar-refractivity contribution in [3.8, 4) is 0 Å². The zero-order valence-electron chi connectivity index (χ0n) is 7.94. The molecule has 2 N–H and O–H groups in total. The maximum atomic E-state index is 10.6. The van der Waals surface area contributed by atoms with E-state index < -0.39 is 12.0 Å². The molecule has 0 aliphatic carbocycles. The van der Waals surface area contributed by atoms with Crippen molar-refractivity contribution in [3.63, 3.8) is 0 Å². The normalized spacial score (nSPS) is 10.9. The first-order chi connectivity index (χ1) is 7.22. The number of hydrogen-bond acceptors (Lipinski definition) is 4. The second kappa shape index (κ2) is 8.64. The molecular weight excluding hydrogens is 202 g/mol. The third kappa shape index (κ3) is 7.15. The van der Waals surface area contributed by atoms with Crippen molar-refractivity contribution >= 4 is 5.97 Å². The highest BCUT2D eigenvalue weighted by Gasteiger charge is 2.14. The van der Waals surface area contributed by atoms with Crippen molar-refractivity contribution in [1.29, 1.82) is 0 Å². The minimum Gasteiger partial charge on any atom is -0.480 e. The maximum absolute atomic E-state index is 10.6. The number of carboxylic acid groups (broad SMARTS) is 1. The summed E-state index contributed by atoms with van der Waals surface area (Å²) in [5.41, 5.74) is 16.0. The summed E-state index contributed by atoms with van der Waals surface area (Å²) in [6.07, 6.45) is 0.532. The maximum Gasteiger partial charge on any atom is 0.320 e. The van der Waals surface area contributed by atoms with Gasteiger partial charge in [0.1, 0.15) is 6.04 Å². The van der Waals surface area contributed by atoms with Gasteiger partial charge in [-0.2, -0.15) is 0 Å². The molecule has 0 aromatic carbocycles. The lowest BCUT2D eigenvalue weighted by Crippen LogP contribution is -2.39. The Morgan fingerprint density at radius 2 is 2.07 bits per heavy atom. The minimum absolute atomic E-state index is 0.145. The molecule has 1 unspecified atom stereocenters. The fraction of sp³-hybridized carbons (Fsp3) is 0.833. The molecule has 9 heteroatoms. The predicted molar refractivity (Wildman–Crippen MR) is 52.1 cm³/mol. The van der Waals surface area contributed by atoms with Gasteiger partial charge in [0, 0.05) is 16.4 Å². The number of carboxylic acids is 1. The van der Waals surface area contributed by atoms with E-state index in [9.17, 15) is 4.79 Å². The molecule has 1 atom stereocenters. The Bertz CT molecular complexity index is 292. The van der Waals surface area contributed by atoms with Gasteiger partial charge in [-0.3, -0.25) is 4.79 Å². The SMILES string of the molecule is [N-]=[N+]=NCCCNC(CN=[N+]=[N-])C(=O)O. The fourth-order valence-electron chi connectivity index (χ4n) is 0.819. The number of rotatable bonds is 8. The first-order valence-corrected chi connectivity index (χ1v) is 4.20. The number of hydrogen-bond donors (Lipinski definition) is 2. The van der Waals surface area contributed by atoms with Crippen LogP contribution in [0.25, 0.3) is 20.9 Å². The third-order valence-electron chi connectivity index (χ3n) is 1.51. The number of nitrogens with zero attached hydrogens (tertiary/aromatic N) is 6. The van der Waals surface area contributed by atoms with Gasteiger partial charge < -0.3 is 10.4 Å². The average molecular weight is 213 g/mol. The van der Waals surface area contributed by atoms with E-state index in [1.807, 2.05) is 0 Å². The van der Waals surface area contributed by atoms with Gasteiger partial charge in [0.25, 0.3) is 0 Å². The lowest BCUT2D eigenvalue weighted by atomic mass is 10.3. The van der Waals surface area contributed by atoms with Crippen LogP contribution in [0.4, 0.5) is 0 Å². The zero-order valence-corrected chi connectivity index (χ0v) is 7.94. The Kier molecular flexibility index (Phi) is 7.52. The molecule has 0 bridgehead atoms. The summed E-state index contributed by atoms with van der Waals surface area (Å²) < 4.78 is 0. The number of aliphatic carboxylic acids is 1. The summed E-state index contributed by atoms with van der Waals surface area (Å²) >= 11 is 0. The Balaban J connectivity index is 3.80. The smallest absolute Gasteiger partial charge is 0.320 e. The van der Waals surface area contributed by atoms with Crippen molar-refractivity contribution in [2.24, 2.45) is 10.2 Å².